The van der Waals surface area contributed by atoms with Crippen molar-refractivity contribution in [3.8, 4) is 0 Å². The zero-order valence-electron chi connectivity index (χ0n) is 8.38. The molecule has 1 fully saturated rings. The molecule has 0 bridgehead atoms. The molecule has 0 aliphatic heterocycles. The van der Waals surface area contributed by atoms with Crippen LogP contribution in [0.1, 0.15) is 46.0 Å². The van der Waals surface area contributed by atoms with E-state index in [-0.39, 0.29) is 5.60 Å². The Balaban J connectivity index is 2.45. The van der Waals surface area contributed by atoms with E-state index in [9.17, 15) is 4.79 Å². The highest BCUT2D eigenvalue weighted by atomic mass is 16.6. The molecule has 1 aliphatic carbocycles. The summed E-state index contributed by atoms with van der Waals surface area (Å²) in [5.74, 6) is -0.496. The number of aliphatic hydroxyl groups is 1. The monoisotopic (exact) mass is 186 g/mol. The lowest BCUT2D eigenvalue weighted by Gasteiger charge is -2.33. The smallest absolute Gasteiger partial charge is 0.335 e. The maximum Gasteiger partial charge on any atom is 0.335 e. The summed E-state index contributed by atoms with van der Waals surface area (Å²) in [5.41, 5.74) is -0.327. The predicted molar refractivity (Wildman–Crippen MR) is 49.3 cm³/mol. The molecule has 0 heterocycles. The van der Waals surface area contributed by atoms with E-state index in [1.807, 2.05) is 6.92 Å². The third-order valence-electron chi connectivity index (χ3n) is 2.60. The van der Waals surface area contributed by atoms with Gasteiger partial charge in [0.25, 0.3) is 0 Å². The zero-order chi connectivity index (χ0) is 9.90. The number of esters is 1. The van der Waals surface area contributed by atoms with Crippen molar-refractivity contribution < 1.29 is 14.6 Å². The van der Waals surface area contributed by atoms with Crippen LogP contribution in [0.3, 0.4) is 0 Å². The van der Waals surface area contributed by atoms with Gasteiger partial charge in [-0.3, -0.25) is 0 Å². The van der Waals surface area contributed by atoms with Gasteiger partial charge in [0, 0.05) is 0 Å². The standard InChI is InChI=1S/C10H18O3/c1-8(11)9(12)13-10(2)6-4-3-5-7-10/h8,11H,3-7H2,1-2H3. The summed E-state index contributed by atoms with van der Waals surface area (Å²) in [6, 6.07) is 0. The predicted octanol–water partition coefficient (Wildman–Crippen LogP) is 1.63. The summed E-state index contributed by atoms with van der Waals surface area (Å²) >= 11 is 0. The van der Waals surface area contributed by atoms with E-state index in [0.717, 1.165) is 25.7 Å². The summed E-state index contributed by atoms with van der Waals surface area (Å²) in [6.07, 6.45) is 4.30. The molecule has 0 aromatic carbocycles. The molecule has 0 spiro atoms. The molecule has 1 rings (SSSR count). The summed E-state index contributed by atoms with van der Waals surface area (Å²) < 4.78 is 5.25. The highest BCUT2D eigenvalue weighted by molar-refractivity contribution is 5.74. The van der Waals surface area contributed by atoms with Gasteiger partial charge < -0.3 is 9.84 Å². The maximum absolute atomic E-state index is 11.1. The molecular weight excluding hydrogens is 168 g/mol. The minimum absolute atomic E-state index is 0.327. The van der Waals surface area contributed by atoms with E-state index >= 15 is 0 Å². The van der Waals surface area contributed by atoms with Gasteiger partial charge >= 0.3 is 5.97 Å². The van der Waals surface area contributed by atoms with Crippen LogP contribution in [0.15, 0.2) is 0 Å². The molecule has 76 valence electrons. The fraction of sp³-hybridized carbons (Fsp3) is 0.900. The fourth-order valence-corrected chi connectivity index (χ4v) is 1.73. The number of carbonyl (C=O) groups is 1. The Morgan fingerprint density at radius 1 is 1.38 bits per heavy atom. The van der Waals surface area contributed by atoms with E-state index in [1.54, 1.807) is 0 Å². The van der Waals surface area contributed by atoms with Crippen LogP contribution in [0, 0.1) is 0 Å². The van der Waals surface area contributed by atoms with Crippen molar-refractivity contribution in [1.29, 1.82) is 0 Å². The van der Waals surface area contributed by atoms with Crippen LogP contribution in [0.25, 0.3) is 0 Å². The number of hydrogen-bond donors (Lipinski definition) is 1. The first kappa shape index (κ1) is 10.5. The summed E-state index contributed by atoms with van der Waals surface area (Å²) in [6.45, 7) is 3.39. The molecule has 1 N–H and O–H groups in total. The third-order valence-corrected chi connectivity index (χ3v) is 2.60. The number of hydrogen-bond acceptors (Lipinski definition) is 3. The van der Waals surface area contributed by atoms with Gasteiger partial charge in [0.1, 0.15) is 11.7 Å². The van der Waals surface area contributed by atoms with Crippen LogP contribution in [0.5, 0.6) is 0 Å². The Hall–Kier alpha value is -0.570. The Kier molecular flexibility index (Phi) is 3.31. The van der Waals surface area contributed by atoms with E-state index in [0.29, 0.717) is 0 Å². The normalized spacial score (nSPS) is 23.6. The van der Waals surface area contributed by atoms with Crippen LogP contribution in [-0.4, -0.2) is 22.8 Å². The lowest BCUT2D eigenvalue weighted by molar-refractivity contribution is -0.170. The lowest BCUT2D eigenvalue weighted by Crippen LogP contribution is -2.37. The fourth-order valence-electron chi connectivity index (χ4n) is 1.73. The first-order valence-corrected chi connectivity index (χ1v) is 4.94. The zero-order valence-corrected chi connectivity index (χ0v) is 8.38. The van der Waals surface area contributed by atoms with Crippen LogP contribution >= 0.6 is 0 Å². The second kappa shape index (κ2) is 4.09. The summed E-state index contributed by atoms with van der Waals surface area (Å²) in [4.78, 5) is 11.1. The quantitative estimate of drug-likeness (QED) is 0.667. The summed E-state index contributed by atoms with van der Waals surface area (Å²) in [7, 11) is 0. The van der Waals surface area contributed by atoms with E-state index in [1.165, 1.54) is 13.3 Å². The molecule has 1 atom stereocenters. The lowest BCUT2D eigenvalue weighted by atomic mass is 9.86. The average Bonchev–Trinajstić information content (AvgIpc) is 2.04. The Bertz CT molecular complexity index is 181. The first-order valence-electron chi connectivity index (χ1n) is 4.94. The largest absolute Gasteiger partial charge is 0.457 e. The molecule has 0 aromatic heterocycles. The van der Waals surface area contributed by atoms with Gasteiger partial charge in [0.15, 0.2) is 0 Å². The average molecular weight is 186 g/mol. The Morgan fingerprint density at radius 3 is 2.38 bits per heavy atom. The molecule has 1 unspecified atom stereocenters. The minimum Gasteiger partial charge on any atom is -0.457 e. The van der Waals surface area contributed by atoms with E-state index in [4.69, 9.17) is 9.84 Å². The van der Waals surface area contributed by atoms with Gasteiger partial charge in [-0.05, 0) is 39.5 Å². The highest BCUT2D eigenvalue weighted by Crippen LogP contribution is 2.31. The number of carbonyl (C=O) groups excluding carboxylic acids is 1. The Labute approximate surface area is 79.1 Å². The van der Waals surface area contributed by atoms with Gasteiger partial charge in [-0.25, -0.2) is 4.79 Å². The molecule has 13 heavy (non-hydrogen) atoms. The first-order chi connectivity index (χ1) is 6.03. The number of rotatable bonds is 2. The van der Waals surface area contributed by atoms with Crippen LogP contribution in [0.4, 0.5) is 0 Å². The van der Waals surface area contributed by atoms with Crippen molar-refractivity contribution in [3.05, 3.63) is 0 Å². The van der Waals surface area contributed by atoms with Gasteiger partial charge in [0.2, 0.25) is 0 Å². The topological polar surface area (TPSA) is 46.5 Å². The van der Waals surface area contributed by atoms with Crippen molar-refractivity contribution >= 4 is 5.97 Å². The minimum atomic E-state index is -1.00. The maximum atomic E-state index is 11.1. The van der Waals surface area contributed by atoms with E-state index in [2.05, 4.69) is 0 Å². The molecule has 1 aliphatic rings. The molecule has 1 saturated carbocycles. The number of ether oxygens (including phenoxy) is 1. The molecule has 3 heteroatoms. The van der Waals surface area contributed by atoms with Gasteiger partial charge in [-0.2, -0.15) is 0 Å². The molecule has 0 radical (unpaired) electrons. The van der Waals surface area contributed by atoms with E-state index < -0.39 is 12.1 Å². The SMILES string of the molecule is CC(O)C(=O)OC1(C)CCCCC1. The van der Waals surface area contributed by atoms with Gasteiger partial charge in [0.05, 0.1) is 0 Å². The van der Waals surface area contributed by atoms with Crippen molar-refractivity contribution in [2.24, 2.45) is 0 Å². The second-order valence-corrected chi connectivity index (χ2v) is 4.11. The van der Waals surface area contributed by atoms with Crippen LogP contribution in [-0.2, 0) is 9.53 Å². The molecule has 0 aromatic rings. The summed E-state index contributed by atoms with van der Waals surface area (Å²) in [5, 5.41) is 8.99. The van der Waals surface area contributed by atoms with Gasteiger partial charge in [-0.1, -0.05) is 6.42 Å². The second-order valence-electron chi connectivity index (χ2n) is 4.11. The third kappa shape index (κ3) is 2.99. The van der Waals surface area contributed by atoms with Crippen molar-refractivity contribution in [2.75, 3.05) is 0 Å². The highest BCUT2D eigenvalue weighted by Gasteiger charge is 2.31. The van der Waals surface area contributed by atoms with Crippen molar-refractivity contribution in [2.45, 2.75) is 57.7 Å². The van der Waals surface area contributed by atoms with Crippen molar-refractivity contribution in [3.63, 3.8) is 0 Å². The van der Waals surface area contributed by atoms with Crippen LogP contribution in [0.2, 0.25) is 0 Å². The molecule has 0 saturated heterocycles. The van der Waals surface area contributed by atoms with Gasteiger partial charge in [-0.15, -0.1) is 0 Å². The number of aliphatic hydroxyl groups excluding tert-OH is 1. The molecular formula is C10H18O3. The molecule has 0 amide bonds. The van der Waals surface area contributed by atoms with Crippen molar-refractivity contribution in [1.82, 2.24) is 0 Å². The molecule has 3 nitrogen and oxygen atoms in total. The van der Waals surface area contributed by atoms with Crippen LogP contribution < -0.4 is 0 Å². The Morgan fingerprint density at radius 2 is 1.92 bits per heavy atom.